The summed E-state index contributed by atoms with van der Waals surface area (Å²) in [6.07, 6.45) is 30.7. The van der Waals surface area contributed by atoms with Crippen LogP contribution >= 0.6 is 0 Å². The van der Waals surface area contributed by atoms with Crippen molar-refractivity contribution in [2.24, 2.45) is 22.7 Å². The lowest BCUT2D eigenvalue weighted by Gasteiger charge is -2.37. The second kappa shape index (κ2) is 17.9. The van der Waals surface area contributed by atoms with Crippen LogP contribution in [0.25, 0.3) is 0 Å². The molecule has 0 nitrogen and oxygen atoms in total. The first-order valence-electron chi connectivity index (χ1n) is 18.4. The van der Waals surface area contributed by atoms with E-state index in [0.29, 0.717) is 5.41 Å². The molecular weight excluding hydrogens is 492 g/mol. The Hall–Kier alpha value is -1.04. The minimum atomic E-state index is 0.288. The van der Waals surface area contributed by atoms with E-state index in [4.69, 9.17) is 0 Å². The molecule has 0 bridgehead atoms. The second-order valence-electron chi connectivity index (χ2n) is 15.4. The minimum Gasteiger partial charge on any atom is -0.0665 e. The highest BCUT2D eigenvalue weighted by Crippen LogP contribution is 2.46. The van der Waals surface area contributed by atoms with Gasteiger partial charge < -0.3 is 0 Å². The molecule has 0 heterocycles. The summed E-state index contributed by atoms with van der Waals surface area (Å²) >= 11 is 0. The fourth-order valence-electron chi connectivity index (χ4n) is 7.50. The lowest BCUT2D eigenvalue weighted by atomic mass is 9.68. The molecule has 0 aromatic heterocycles. The number of hydrogen-bond donors (Lipinski definition) is 0. The van der Waals surface area contributed by atoms with Gasteiger partial charge in [0.25, 0.3) is 0 Å². The first-order valence-corrected chi connectivity index (χ1v) is 18.4. The molecule has 2 aliphatic carbocycles. The van der Waals surface area contributed by atoms with Crippen LogP contribution in [0.3, 0.4) is 0 Å². The highest BCUT2D eigenvalue weighted by molar-refractivity contribution is 5.39. The summed E-state index contributed by atoms with van der Waals surface area (Å²) in [5, 5.41) is 0. The van der Waals surface area contributed by atoms with Crippen molar-refractivity contribution in [1.29, 1.82) is 0 Å². The monoisotopic (exact) mass is 565 g/mol. The average Bonchev–Trinajstić information content (AvgIpc) is 2.94. The van der Waals surface area contributed by atoms with E-state index in [-0.39, 0.29) is 5.41 Å². The van der Waals surface area contributed by atoms with Gasteiger partial charge in [0.05, 0.1) is 0 Å². The van der Waals surface area contributed by atoms with Crippen LogP contribution in [0.4, 0.5) is 0 Å². The molecule has 2 atom stereocenters. The predicted molar refractivity (Wildman–Crippen MR) is 187 cm³/mol. The second-order valence-corrected chi connectivity index (χ2v) is 15.4. The van der Waals surface area contributed by atoms with Crippen LogP contribution in [0.1, 0.15) is 191 Å². The first-order chi connectivity index (χ1) is 19.5. The molecule has 2 rings (SSSR count). The topological polar surface area (TPSA) is 0 Å². The Morgan fingerprint density at radius 1 is 0.585 bits per heavy atom. The number of allylic oxidation sites excluding steroid dienone is 8. The Morgan fingerprint density at radius 2 is 1.15 bits per heavy atom. The quantitative estimate of drug-likeness (QED) is 0.137. The molecule has 41 heavy (non-hydrogen) atoms. The Kier molecular flexibility index (Phi) is 15.8. The van der Waals surface area contributed by atoms with E-state index in [9.17, 15) is 0 Å². The molecule has 0 aliphatic heterocycles. The molecule has 2 aliphatic rings. The molecule has 0 radical (unpaired) electrons. The van der Waals surface area contributed by atoms with Crippen molar-refractivity contribution in [3.05, 3.63) is 45.6 Å². The van der Waals surface area contributed by atoms with Crippen LogP contribution in [-0.2, 0) is 0 Å². The van der Waals surface area contributed by atoms with Crippen molar-refractivity contribution in [3.8, 4) is 0 Å². The van der Waals surface area contributed by atoms with Gasteiger partial charge in [0.15, 0.2) is 0 Å². The molecule has 2 unspecified atom stereocenters. The van der Waals surface area contributed by atoms with E-state index in [2.05, 4.69) is 81.4 Å². The van der Waals surface area contributed by atoms with Gasteiger partial charge in [-0.05, 0) is 117 Å². The zero-order chi connectivity index (χ0) is 30.5. The summed E-state index contributed by atoms with van der Waals surface area (Å²) in [4.78, 5) is 0. The Morgan fingerprint density at radius 3 is 1.71 bits per heavy atom. The van der Waals surface area contributed by atoms with Gasteiger partial charge in [0, 0.05) is 0 Å². The van der Waals surface area contributed by atoms with Crippen LogP contribution in [-0.4, -0.2) is 0 Å². The van der Waals surface area contributed by atoms with Crippen molar-refractivity contribution < 1.29 is 0 Å². The van der Waals surface area contributed by atoms with E-state index < -0.39 is 0 Å². The van der Waals surface area contributed by atoms with E-state index in [1.54, 1.807) is 27.9 Å². The Labute approximate surface area is 259 Å². The maximum atomic E-state index is 2.73. The zero-order valence-corrected chi connectivity index (χ0v) is 29.7. The van der Waals surface area contributed by atoms with Gasteiger partial charge in [0.2, 0.25) is 0 Å². The van der Waals surface area contributed by atoms with Gasteiger partial charge in [0.1, 0.15) is 0 Å². The highest BCUT2D eigenvalue weighted by Gasteiger charge is 2.32. The van der Waals surface area contributed by atoms with Crippen LogP contribution < -0.4 is 0 Å². The zero-order valence-electron chi connectivity index (χ0n) is 29.7. The highest BCUT2D eigenvalue weighted by atomic mass is 14.4. The Bertz CT molecular complexity index is 893. The van der Waals surface area contributed by atoms with Gasteiger partial charge in [-0.1, -0.05) is 142 Å². The summed E-state index contributed by atoms with van der Waals surface area (Å²) in [6.45, 7) is 24.2. The molecule has 0 heteroatoms. The first kappa shape index (κ1) is 36.2. The molecule has 0 fully saturated rings. The van der Waals surface area contributed by atoms with Gasteiger partial charge >= 0.3 is 0 Å². The van der Waals surface area contributed by atoms with Crippen LogP contribution in [0.5, 0.6) is 0 Å². The molecule has 236 valence electrons. The molecule has 0 aromatic carbocycles. The molecule has 0 aromatic rings. The molecule has 0 N–H and O–H groups in total. The summed E-state index contributed by atoms with van der Waals surface area (Å²) in [6, 6.07) is 0. The van der Waals surface area contributed by atoms with E-state index in [1.807, 2.05) is 5.57 Å². The van der Waals surface area contributed by atoms with Crippen LogP contribution in [0.15, 0.2) is 45.6 Å². The summed E-state index contributed by atoms with van der Waals surface area (Å²) < 4.78 is 0. The van der Waals surface area contributed by atoms with Gasteiger partial charge in [-0.25, -0.2) is 0 Å². The smallest absolute Gasteiger partial charge is 0.0141 e. The maximum Gasteiger partial charge on any atom is -0.0141 e. The lowest BCUT2D eigenvalue weighted by molar-refractivity contribution is 0.372. The van der Waals surface area contributed by atoms with Crippen LogP contribution in [0.2, 0.25) is 0 Å². The molecule has 0 spiro atoms. The lowest BCUT2D eigenvalue weighted by Crippen LogP contribution is -2.23. The number of unbranched alkanes of at least 4 members (excludes halogenated alkanes) is 5. The predicted octanol–water partition coefficient (Wildman–Crippen LogP) is 14.3. The summed E-state index contributed by atoms with van der Waals surface area (Å²) in [5.41, 5.74) is 11.2. The van der Waals surface area contributed by atoms with Crippen molar-refractivity contribution in [2.45, 2.75) is 191 Å². The van der Waals surface area contributed by atoms with Crippen molar-refractivity contribution in [3.63, 3.8) is 0 Å². The molecule has 0 saturated carbocycles. The van der Waals surface area contributed by atoms with Gasteiger partial charge in [-0.15, -0.1) is 0 Å². The molecule has 0 saturated heterocycles. The minimum absolute atomic E-state index is 0.288. The molecular formula is C41H72. The number of rotatable bonds is 19. The third-order valence-electron chi connectivity index (χ3n) is 10.6. The summed E-state index contributed by atoms with van der Waals surface area (Å²) in [7, 11) is 0. The SMILES string of the molecule is CCCCC1=C(CCCCC2=CC(CCCC)=C(C(C)(C)CC)CC2CCCC)CC(CCCC)C(C(C)(C)C)=C1. The van der Waals surface area contributed by atoms with Gasteiger partial charge in [-0.2, -0.15) is 0 Å². The van der Waals surface area contributed by atoms with Crippen LogP contribution in [0, 0.1) is 22.7 Å². The molecule has 0 amide bonds. The normalized spacial score (nSPS) is 20.5. The third kappa shape index (κ3) is 11.2. The van der Waals surface area contributed by atoms with Gasteiger partial charge in [-0.3, -0.25) is 0 Å². The maximum absolute atomic E-state index is 2.73. The average molecular weight is 565 g/mol. The van der Waals surface area contributed by atoms with Crippen molar-refractivity contribution in [1.82, 2.24) is 0 Å². The van der Waals surface area contributed by atoms with Crippen molar-refractivity contribution in [2.75, 3.05) is 0 Å². The number of hydrogen-bond acceptors (Lipinski definition) is 0. The van der Waals surface area contributed by atoms with E-state index >= 15 is 0 Å². The van der Waals surface area contributed by atoms with Crippen molar-refractivity contribution >= 4 is 0 Å². The summed E-state index contributed by atoms with van der Waals surface area (Å²) in [5.74, 6) is 1.55. The standard InChI is InChI=1S/C41H72/c1-11-16-22-34-30-38(40(6,7)8)36(24-18-13-3)28-32(34)26-20-21-27-33-29-37(25-19-14-4)39(41(9,10)15-5)31-35(33)23-17-12-2/h29-30,35-36H,11-28,31H2,1-10H3. The fourth-order valence-corrected chi connectivity index (χ4v) is 7.50. The Balaban J connectivity index is 2.23. The van der Waals surface area contributed by atoms with E-state index in [0.717, 1.165) is 11.8 Å². The largest absolute Gasteiger partial charge is 0.0665 e. The van der Waals surface area contributed by atoms with E-state index in [1.165, 1.54) is 122 Å². The fraction of sp³-hybridized carbons (Fsp3) is 0.805. The third-order valence-corrected chi connectivity index (χ3v) is 10.6.